The van der Waals surface area contributed by atoms with Crippen LogP contribution in [-0.2, 0) is 4.79 Å². The summed E-state index contributed by atoms with van der Waals surface area (Å²) in [6.45, 7) is 0.386. The summed E-state index contributed by atoms with van der Waals surface area (Å²) in [5.74, 6) is 0.783. The van der Waals surface area contributed by atoms with Gasteiger partial charge in [-0.2, -0.15) is 0 Å². The maximum atomic E-state index is 11.5. The van der Waals surface area contributed by atoms with Crippen molar-refractivity contribution in [2.75, 3.05) is 19.0 Å². The van der Waals surface area contributed by atoms with Gasteiger partial charge in [-0.15, -0.1) is 0 Å². The van der Waals surface area contributed by atoms with Gasteiger partial charge >= 0.3 is 0 Å². The molecule has 1 aliphatic rings. The number of hydrogen-bond acceptors (Lipinski definition) is 3. The Morgan fingerprint density at radius 2 is 2.06 bits per heavy atom. The van der Waals surface area contributed by atoms with Gasteiger partial charge in [0.25, 0.3) is 0 Å². The predicted octanol–water partition coefficient (Wildman–Crippen LogP) is 1.39. The van der Waals surface area contributed by atoms with Gasteiger partial charge in [0.15, 0.2) is 0 Å². The van der Waals surface area contributed by atoms with Crippen molar-refractivity contribution < 1.29 is 9.53 Å². The number of amides is 1. The molecule has 0 aliphatic heterocycles. The molecule has 16 heavy (non-hydrogen) atoms. The molecule has 1 aromatic carbocycles. The number of ether oxygens (including phenoxy) is 1. The van der Waals surface area contributed by atoms with E-state index in [0.29, 0.717) is 12.6 Å². The maximum absolute atomic E-state index is 11.5. The summed E-state index contributed by atoms with van der Waals surface area (Å²) in [6, 6.07) is 7.86. The third-order valence-corrected chi connectivity index (χ3v) is 2.50. The third-order valence-electron chi connectivity index (χ3n) is 2.50. The molecule has 4 heteroatoms. The summed E-state index contributed by atoms with van der Waals surface area (Å²) in [6.07, 6.45) is 2.38. The topological polar surface area (TPSA) is 50.4 Å². The Labute approximate surface area is 95.0 Å². The molecule has 2 rings (SSSR count). The van der Waals surface area contributed by atoms with Gasteiger partial charge in [-0.25, -0.2) is 0 Å². The number of carbonyl (C=O) groups excluding carboxylic acids is 1. The molecule has 86 valence electrons. The van der Waals surface area contributed by atoms with Crippen molar-refractivity contribution in [3.05, 3.63) is 24.3 Å². The van der Waals surface area contributed by atoms with E-state index < -0.39 is 0 Å². The fraction of sp³-hybridized carbons (Fsp3) is 0.417. The minimum Gasteiger partial charge on any atom is -0.497 e. The molecule has 1 saturated carbocycles. The van der Waals surface area contributed by atoms with E-state index in [1.807, 2.05) is 24.3 Å². The molecule has 0 unspecified atom stereocenters. The Morgan fingerprint density at radius 3 is 2.62 bits per heavy atom. The van der Waals surface area contributed by atoms with Crippen LogP contribution in [0.2, 0.25) is 0 Å². The highest BCUT2D eigenvalue weighted by molar-refractivity contribution is 5.92. The van der Waals surface area contributed by atoms with Gasteiger partial charge in [-0.1, -0.05) is 0 Å². The maximum Gasteiger partial charge on any atom is 0.238 e. The Balaban J connectivity index is 1.79. The standard InChI is InChI=1S/C12H16N2O2/c1-16-11-6-4-10(5-7-11)14-12(15)8-13-9-2-3-9/h4-7,9,13H,2-3,8H2,1H3,(H,14,15). The average molecular weight is 220 g/mol. The number of benzene rings is 1. The lowest BCUT2D eigenvalue weighted by Crippen LogP contribution is -2.29. The summed E-state index contributed by atoms with van der Waals surface area (Å²) in [5, 5.41) is 5.98. The lowest BCUT2D eigenvalue weighted by Gasteiger charge is -2.06. The molecule has 4 nitrogen and oxygen atoms in total. The number of hydrogen-bond donors (Lipinski definition) is 2. The number of nitrogens with one attached hydrogen (secondary N) is 2. The van der Waals surface area contributed by atoms with Crippen LogP contribution in [0.25, 0.3) is 0 Å². The van der Waals surface area contributed by atoms with E-state index in [4.69, 9.17) is 4.74 Å². The second kappa shape index (κ2) is 4.99. The first-order chi connectivity index (χ1) is 7.78. The lowest BCUT2D eigenvalue weighted by atomic mass is 10.3. The summed E-state index contributed by atoms with van der Waals surface area (Å²) in [7, 11) is 1.62. The van der Waals surface area contributed by atoms with Crippen molar-refractivity contribution >= 4 is 11.6 Å². The molecule has 1 amide bonds. The normalized spacial score (nSPS) is 14.6. The van der Waals surface area contributed by atoms with Crippen molar-refractivity contribution in [2.45, 2.75) is 18.9 Å². The highest BCUT2D eigenvalue weighted by atomic mass is 16.5. The molecule has 1 aliphatic carbocycles. The fourth-order valence-corrected chi connectivity index (χ4v) is 1.40. The smallest absolute Gasteiger partial charge is 0.238 e. The molecule has 2 N–H and O–H groups in total. The molecule has 0 atom stereocenters. The van der Waals surface area contributed by atoms with Crippen LogP contribution in [0.1, 0.15) is 12.8 Å². The van der Waals surface area contributed by atoms with Crippen LogP contribution < -0.4 is 15.4 Å². The average Bonchev–Trinajstić information content (AvgIpc) is 3.11. The van der Waals surface area contributed by atoms with Crippen LogP contribution in [0.3, 0.4) is 0 Å². The lowest BCUT2D eigenvalue weighted by molar-refractivity contribution is -0.115. The quantitative estimate of drug-likeness (QED) is 0.788. The highest BCUT2D eigenvalue weighted by Crippen LogP contribution is 2.18. The molecular weight excluding hydrogens is 204 g/mol. The van der Waals surface area contributed by atoms with Gasteiger partial charge in [0.1, 0.15) is 5.75 Å². The van der Waals surface area contributed by atoms with E-state index in [-0.39, 0.29) is 5.91 Å². The summed E-state index contributed by atoms with van der Waals surface area (Å²) in [4.78, 5) is 11.5. The minimum absolute atomic E-state index is 0.00272. The number of anilines is 1. The monoisotopic (exact) mass is 220 g/mol. The first kappa shape index (κ1) is 11.0. The van der Waals surface area contributed by atoms with Crippen LogP contribution in [0.15, 0.2) is 24.3 Å². The SMILES string of the molecule is COc1ccc(NC(=O)CNC2CC2)cc1. The molecule has 0 spiro atoms. The van der Waals surface area contributed by atoms with Crippen molar-refractivity contribution in [1.82, 2.24) is 5.32 Å². The van der Waals surface area contributed by atoms with Gasteiger partial charge in [0, 0.05) is 11.7 Å². The Bertz CT molecular complexity index is 358. The second-order valence-corrected chi connectivity index (χ2v) is 3.93. The Hall–Kier alpha value is -1.55. The van der Waals surface area contributed by atoms with E-state index in [1.165, 1.54) is 12.8 Å². The van der Waals surface area contributed by atoms with E-state index in [1.54, 1.807) is 7.11 Å². The molecule has 1 aromatic rings. The number of rotatable bonds is 5. The zero-order valence-electron chi connectivity index (χ0n) is 9.32. The molecule has 0 aromatic heterocycles. The van der Waals surface area contributed by atoms with E-state index in [0.717, 1.165) is 11.4 Å². The number of carbonyl (C=O) groups is 1. The zero-order chi connectivity index (χ0) is 11.4. The Kier molecular flexibility index (Phi) is 3.41. The van der Waals surface area contributed by atoms with Crippen molar-refractivity contribution in [3.63, 3.8) is 0 Å². The van der Waals surface area contributed by atoms with E-state index in [9.17, 15) is 4.79 Å². The van der Waals surface area contributed by atoms with Gasteiger partial charge in [0.2, 0.25) is 5.91 Å². The predicted molar refractivity (Wildman–Crippen MR) is 62.6 cm³/mol. The van der Waals surface area contributed by atoms with Crippen molar-refractivity contribution in [2.24, 2.45) is 0 Å². The van der Waals surface area contributed by atoms with Crippen molar-refractivity contribution in [3.8, 4) is 5.75 Å². The van der Waals surface area contributed by atoms with Crippen LogP contribution in [0.4, 0.5) is 5.69 Å². The van der Waals surface area contributed by atoms with Crippen LogP contribution in [-0.4, -0.2) is 25.6 Å². The molecular formula is C12H16N2O2. The van der Waals surface area contributed by atoms with E-state index >= 15 is 0 Å². The number of methoxy groups -OCH3 is 1. The molecule has 1 fully saturated rings. The van der Waals surface area contributed by atoms with E-state index in [2.05, 4.69) is 10.6 Å². The largest absolute Gasteiger partial charge is 0.497 e. The zero-order valence-corrected chi connectivity index (χ0v) is 9.32. The molecule has 0 saturated heterocycles. The van der Waals surface area contributed by atoms with Crippen LogP contribution in [0, 0.1) is 0 Å². The highest BCUT2D eigenvalue weighted by Gasteiger charge is 2.20. The second-order valence-electron chi connectivity index (χ2n) is 3.93. The van der Waals surface area contributed by atoms with Crippen LogP contribution in [0.5, 0.6) is 5.75 Å². The van der Waals surface area contributed by atoms with Gasteiger partial charge in [-0.3, -0.25) is 4.79 Å². The van der Waals surface area contributed by atoms with Gasteiger partial charge < -0.3 is 15.4 Å². The minimum atomic E-state index is -0.00272. The molecule has 0 heterocycles. The van der Waals surface area contributed by atoms with Gasteiger partial charge in [-0.05, 0) is 37.1 Å². The van der Waals surface area contributed by atoms with Gasteiger partial charge in [0.05, 0.1) is 13.7 Å². The third kappa shape index (κ3) is 3.24. The molecule has 0 radical (unpaired) electrons. The molecule has 0 bridgehead atoms. The van der Waals surface area contributed by atoms with Crippen LogP contribution >= 0.6 is 0 Å². The Morgan fingerprint density at radius 1 is 1.38 bits per heavy atom. The summed E-state index contributed by atoms with van der Waals surface area (Å²) in [5.41, 5.74) is 0.795. The summed E-state index contributed by atoms with van der Waals surface area (Å²) >= 11 is 0. The van der Waals surface area contributed by atoms with Crippen molar-refractivity contribution in [1.29, 1.82) is 0 Å². The first-order valence-corrected chi connectivity index (χ1v) is 5.45. The first-order valence-electron chi connectivity index (χ1n) is 5.45. The summed E-state index contributed by atoms with van der Waals surface area (Å²) < 4.78 is 5.04. The fourth-order valence-electron chi connectivity index (χ4n) is 1.40.